The summed E-state index contributed by atoms with van der Waals surface area (Å²) in [6.07, 6.45) is 3.23. The van der Waals surface area contributed by atoms with E-state index in [2.05, 4.69) is 24.1 Å². The molecule has 0 amide bonds. The molecule has 0 atom stereocenters. The second kappa shape index (κ2) is 6.27. The van der Waals surface area contributed by atoms with Gasteiger partial charge >= 0.3 is 5.56 Å². The Labute approximate surface area is 95.5 Å². The SMILES string of the molecule is CCn1ccnc(OCCNC(C)C)c1=O. The first-order valence-corrected chi connectivity index (χ1v) is 5.56. The normalized spacial score (nSPS) is 10.8. The van der Waals surface area contributed by atoms with Crippen molar-refractivity contribution in [2.45, 2.75) is 33.4 Å². The molecule has 0 aliphatic rings. The van der Waals surface area contributed by atoms with Crippen molar-refractivity contribution in [1.29, 1.82) is 0 Å². The molecule has 0 aliphatic heterocycles. The maximum Gasteiger partial charge on any atom is 0.313 e. The van der Waals surface area contributed by atoms with Crippen LogP contribution in [0.15, 0.2) is 17.2 Å². The lowest BCUT2D eigenvalue weighted by molar-refractivity contribution is 0.290. The molecule has 16 heavy (non-hydrogen) atoms. The molecule has 0 bridgehead atoms. The highest BCUT2D eigenvalue weighted by molar-refractivity contribution is 5.04. The van der Waals surface area contributed by atoms with E-state index in [-0.39, 0.29) is 11.4 Å². The smallest absolute Gasteiger partial charge is 0.313 e. The molecule has 1 aromatic heterocycles. The zero-order chi connectivity index (χ0) is 12.0. The van der Waals surface area contributed by atoms with Crippen LogP contribution in [0.3, 0.4) is 0 Å². The maximum atomic E-state index is 11.7. The van der Waals surface area contributed by atoms with Gasteiger partial charge in [0.15, 0.2) is 0 Å². The lowest BCUT2D eigenvalue weighted by atomic mass is 10.4. The van der Waals surface area contributed by atoms with Gasteiger partial charge in [-0.1, -0.05) is 13.8 Å². The van der Waals surface area contributed by atoms with Crippen molar-refractivity contribution in [3.05, 3.63) is 22.7 Å². The first-order chi connectivity index (χ1) is 7.65. The van der Waals surface area contributed by atoms with Gasteiger partial charge in [0.05, 0.1) is 0 Å². The van der Waals surface area contributed by atoms with Crippen molar-refractivity contribution in [2.75, 3.05) is 13.2 Å². The summed E-state index contributed by atoms with van der Waals surface area (Å²) in [6.45, 7) is 7.82. The van der Waals surface area contributed by atoms with Gasteiger partial charge in [0.25, 0.3) is 5.88 Å². The molecule has 5 nitrogen and oxygen atoms in total. The van der Waals surface area contributed by atoms with Crippen LogP contribution in [0.4, 0.5) is 0 Å². The number of hydrogen-bond donors (Lipinski definition) is 1. The maximum absolute atomic E-state index is 11.7. The molecule has 1 aromatic rings. The van der Waals surface area contributed by atoms with Crippen LogP contribution in [0, 0.1) is 0 Å². The average Bonchev–Trinajstić information content (AvgIpc) is 2.26. The minimum Gasteiger partial charge on any atom is -0.472 e. The molecule has 0 aliphatic carbocycles. The van der Waals surface area contributed by atoms with Crippen molar-refractivity contribution in [3.63, 3.8) is 0 Å². The van der Waals surface area contributed by atoms with E-state index in [1.54, 1.807) is 17.0 Å². The summed E-state index contributed by atoms with van der Waals surface area (Å²) >= 11 is 0. The largest absolute Gasteiger partial charge is 0.472 e. The summed E-state index contributed by atoms with van der Waals surface area (Å²) in [5, 5.41) is 3.20. The van der Waals surface area contributed by atoms with Gasteiger partial charge in [-0.15, -0.1) is 0 Å². The molecule has 90 valence electrons. The second-order valence-electron chi connectivity index (χ2n) is 3.78. The van der Waals surface area contributed by atoms with Gasteiger partial charge in [-0.25, -0.2) is 4.98 Å². The predicted molar refractivity (Wildman–Crippen MR) is 62.8 cm³/mol. The molecule has 0 spiro atoms. The van der Waals surface area contributed by atoms with Crippen molar-refractivity contribution in [3.8, 4) is 5.88 Å². The highest BCUT2D eigenvalue weighted by Crippen LogP contribution is 1.95. The number of hydrogen-bond acceptors (Lipinski definition) is 4. The minimum absolute atomic E-state index is 0.172. The molecule has 1 heterocycles. The minimum atomic E-state index is -0.172. The number of aromatic nitrogens is 2. The van der Waals surface area contributed by atoms with E-state index in [0.717, 1.165) is 0 Å². The van der Waals surface area contributed by atoms with E-state index in [4.69, 9.17) is 4.74 Å². The molecule has 0 saturated carbocycles. The Morgan fingerprint density at radius 1 is 1.56 bits per heavy atom. The first kappa shape index (κ1) is 12.7. The van der Waals surface area contributed by atoms with Gasteiger partial charge in [0.1, 0.15) is 6.61 Å². The Balaban J connectivity index is 2.51. The Morgan fingerprint density at radius 2 is 2.31 bits per heavy atom. The molecule has 1 rings (SSSR count). The Morgan fingerprint density at radius 3 is 2.94 bits per heavy atom. The van der Waals surface area contributed by atoms with Crippen LogP contribution in [-0.2, 0) is 6.54 Å². The first-order valence-electron chi connectivity index (χ1n) is 5.56. The van der Waals surface area contributed by atoms with E-state index in [1.165, 1.54) is 0 Å². The summed E-state index contributed by atoms with van der Waals surface area (Å²) in [7, 11) is 0. The Kier molecular flexibility index (Phi) is 4.98. The van der Waals surface area contributed by atoms with Crippen LogP contribution in [-0.4, -0.2) is 28.7 Å². The molecule has 0 radical (unpaired) electrons. The summed E-state index contributed by atoms with van der Waals surface area (Å²) in [5.41, 5.74) is -0.172. The van der Waals surface area contributed by atoms with E-state index in [1.807, 2.05) is 6.92 Å². The van der Waals surface area contributed by atoms with Gasteiger partial charge in [-0.05, 0) is 6.92 Å². The van der Waals surface area contributed by atoms with E-state index in [9.17, 15) is 4.79 Å². The predicted octanol–water partition coefficient (Wildman–Crippen LogP) is 0.640. The number of aryl methyl sites for hydroxylation is 1. The average molecular weight is 225 g/mol. The molecule has 0 unspecified atom stereocenters. The fourth-order valence-electron chi connectivity index (χ4n) is 1.27. The van der Waals surface area contributed by atoms with Crippen molar-refractivity contribution in [2.24, 2.45) is 0 Å². The fourth-order valence-corrected chi connectivity index (χ4v) is 1.27. The van der Waals surface area contributed by atoms with Crippen LogP contribution in [0.1, 0.15) is 20.8 Å². The zero-order valence-electron chi connectivity index (χ0n) is 10.1. The molecule has 5 heteroatoms. The summed E-state index contributed by atoms with van der Waals surface area (Å²) < 4.78 is 6.89. The molecule has 0 aromatic carbocycles. The number of ether oxygens (including phenoxy) is 1. The van der Waals surface area contributed by atoms with Crippen LogP contribution in [0.2, 0.25) is 0 Å². The van der Waals surface area contributed by atoms with Gasteiger partial charge in [0, 0.05) is 31.5 Å². The quantitative estimate of drug-likeness (QED) is 0.722. The van der Waals surface area contributed by atoms with Gasteiger partial charge < -0.3 is 14.6 Å². The van der Waals surface area contributed by atoms with Crippen LogP contribution < -0.4 is 15.6 Å². The molecular weight excluding hydrogens is 206 g/mol. The van der Waals surface area contributed by atoms with Crippen LogP contribution in [0.25, 0.3) is 0 Å². The highest BCUT2D eigenvalue weighted by Gasteiger charge is 2.04. The van der Waals surface area contributed by atoms with Gasteiger partial charge in [-0.3, -0.25) is 4.79 Å². The lowest BCUT2D eigenvalue weighted by Crippen LogP contribution is -2.29. The lowest BCUT2D eigenvalue weighted by Gasteiger charge is -2.09. The summed E-state index contributed by atoms with van der Waals surface area (Å²) in [4.78, 5) is 15.6. The van der Waals surface area contributed by atoms with Gasteiger partial charge in [-0.2, -0.15) is 0 Å². The van der Waals surface area contributed by atoms with E-state index >= 15 is 0 Å². The Bertz CT molecular complexity index is 374. The van der Waals surface area contributed by atoms with E-state index < -0.39 is 0 Å². The summed E-state index contributed by atoms with van der Waals surface area (Å²) in [5.74, 6) is 0.176. The topological polar surface area (TPSA) is 56.1 Å². The van der Waals surface area contributed by atoms with Crippen LogP contribution in [0.5, 0.6) is 5.88 Å². The second-order valence-corrected chi connectivity index (χ2v) is 3.78. The fraction of sp³-hybridized carbons (Fsp3) is 0.636. The zero-order valence-corrected chi connectivity index (χ0v) is 10.1. The van der Waals surface area contributed by atoms with E-state index in [0.29, 0.717) is 25.7 Å². The van der Waals surface area contributed by atoms with Crippen molar-refractivity contribution < 1.29 is 4.74 Å². The Hall–Kier alpha value is -1.36. The monoisotopic (exact) mass is 225 g/mol. The highest BCUT2D eigenvalue weighted by atomic mass is 16.5. The molecule has 0 fully saturated rings. The van der Waals surface area contributed by atoms with Crippen LogP contribution >= 0.6 is 0 Å². The third kappa shape index (κ3) is 3.66. The third-order valence-corrected chi connectivity index (χ3v) is 2.12. The third-order valence-electron chi connectivity index (χ3n) is 2.12. The number of nitrogens with zero attached hydrogens (tertiary/aromatic N) is 2. The van der Waals surface area contributed by atoms with Gasteiger partial charge in [0.2, 0.25) is 0 Å². The van der Waals surface area contributed by atoms with Crippen molar-refractivity contribution in [1.82, 2.24) is 14.9 Å². The number of nitrogens with one attached hydrogen (secondary N) is 1. The molecular formula is C11H19N3O2. The number of rotatable bonds is 6. The standard InChI is InChI=1S/C11H19N3O2/c1-4-14-7-5-13-10(11(14)15)16-8-6-12-9(2)3/h5,7,9,12H,4,6,8H2,1-3H3. The van der Waals surface area contributed by atoms with Crippen molar-refractivity contribution >= 4 is 0 Å². The molecule has 1 N–H and O–H groups in total. The molecule has 0 saturated heterocycles. The summed E-state index contributed by atoms with van der Waals surface area (Å²) in [6, 6.07) is 0.416.